The number of imidazole rings is 1. The molecule has 0 spiro atoms. The summed E-state index contributed by atoms with van der Waals surface area (Å²) in [5.41, 5.74) is 7.01. The maximum absolute atomic E-state index is 5.88. The van der Waals surface area contributed by atoms with Crippen molar-refractivity contribution < 1.29 is 0 Å². The van der Waals surface area contributed by atoms with Crippen molar-refractivity contribution in [2.24, 2.45) is 11.7 Å². The van der Waals surface area contributed by atoms with E-state index in [0.29, 0.717) is 6.54 Å². The van der Waals surface area contributed by atoms with E-state index in [1.165, 1.54) is 25.7 Å². The summed E-state index contributed by atoms with van der Waals surface area (Å²) in [6, 6.07) is 0. The third-order valence-electron chi connectivity index (χ3n) is 3.90. The molecule has 3 rings (SSSR count). The zero-order valence-electron chi connectivity index (χ0n) is 10.8. The molecular formula is C13H20N4S. The Morgan fingerprint density at radius 1 is 1.50 bits per heavy atom. The fraction of sp³-hybridized carbons (Fsp3) is 0.615. The zero-order valence-corrected chi connectivity index (χ0v) is 11.6. The van der Waals surface area contributed by atoms with Crippen molar-refractivity contribution >= 4 is 22.1 Å². The van der Waals surface area contributed by atoms with Crippen LogP contribution in [0.1, 0.15) is 31.4 Å². The monoisotopic (exact) mass is 264 g/mol. The molecule has 0 saturated heterocycles. The van der Waals surface area contributed by atoms with Gasteiger partial charge in [-0.2, -0.15) is 0 Å². The highest BCUT2D eigenvalue weighted by Crippen LogP contribution is 2.29. The number of hydrogen-bond acceptors (Lipinski definition) is 4. The summed E-state index contributed by atoms with van der Waals surface area (Å²) in [6.07, 6.45) is 7.57. The summed E-state index contributed by atoms with van der Waals surface area (Å²) >= 11 is 1.67. The van der Waals surface area contributed by atoms with Crippen LogP contribution >= 0.6 is 11.3 Å². The lowest BCUT2D eigenvalue weighted by molar-refractivity contribution is 0.544. The molecule has 2 heterocycles. The van der Waals surface area contributed by atoms with Crippen molar-refractivity contribution in [3.05, 3.63) is 17.3 Å². The Morgan fingerprint density at radius 2 is 2.28 bits per heavy atom. The van der Waals surface area contributed by atoms with E-state index in [4.69, 9.17) is 10.7 Å². The van der Waals surface area contributed by atoms with E-state index in [0.717, 1.165) is 28.9 Å². The Bertz CT molecular complexity index is 524. The topological polar surface area (TPSA) is 46.6 Å². The lowest BCUT2D eigenvalue weighted by Gasteiger charge is -2.21. The normalized spacial score (nSPS) is 16.8. The summed E-state index contributed by atoms with van der Waals surface area (Å²) < 4.78 is 2.12. The van der Waals surface area contributed by atoms with Crippen LogP contribution in [-0.2, 0) is 6.54 Å². The molecular weight excluding hydrogens is 244 g/mol. The smallest absolute Gasteiger partial charge is 0.195 e. The second-order valence-electron chi connectivity index (χ2n) is 5.17. The number of hydrogen-bond donors (Lipinski definition) is 1. The molecule has 2 aromatic rings. The molecule has 1 saturated carbocycles. The molecule has 1 aliphatic rings. The molecule has 98 valence electrons. The van der Waals surface area contributed by atoms with Crippen molar-refractivity contribution in [1.29, 1.82) is 0 Å². The van der Waals surface area contributed by atoms with E-state index < -0.39 is 0 Å². The minimum atomic E-state index is 0.544. The number of fused-ring (bicyclic) bond motifs is 1. The first-order valence-corrected chi connectivity index (χ1v) is 7.53. The van der Waals surface area contributed by atoms with E-state index in [2.05, 4.69) is 27.9 Å². The summed E-state index contributed by atoms with van der Waals surface area (Å²) in [6.45, 7) is 1.65. The van der Waals surface area contributed by atoms with E-state index in [-0.39, 0.29) is 0 Å². The highest BCUT2D eigenvalue weighted by molar-refractivity contribution is 7.15. The van der Waals surface area contributed by atoms with Crippen molar-refractivity contribution in [3.8, 4) is 0 Å². The fourth-order valence-corrected chi connectivity index (χ4v) is 3.71. The second-order valence-corrected chi connectivity index (χ2v) is 6.05. The predicted molar refractivity (Wildman–Crippen MR) is 76.2 cm³/mol. The lowest BCUT2D eigenvalue weighted by Crippen LogP contribution is -2.25. The van der Waals surface area contributed by atoms with Crippen LogP contribution in [0.15, 0.2) is 11.6 Å². The van der Waals surface area contributed by atoms with Gasteiger partial charge in [-0.1, -0.05) is 12.8 Å². The van der Waals surface area contributed by atoms with Gasteiger partial charge in [-0.3, -0.25) is 4.40 Å². The average Bonchev–Trinajstić information content (AvgIpc) is 3.03. The molecule has 4 nitrogen and oxygen atoms in total. The third-order valence-corrected chi connectivity index (χ3v) is 4.66. The van der Waals surface area contributed by atoms with E-state index in [1.807, 2.05) is 0 Å². The summed E-state index contributed by atoms with van der Waals surface area (Å²) in [7, 11) is 2.14. The van der Waals surface area contributed by atoms with Crippen LogP contribution in [0.25, 0.3) is 4.96 Å². The van der Waals surface area contributed by atoms with Crippen molar-refractivity contribution in [3.63, 3.8) is 0 Å². The molecule has 5 heteroatoms. The number of nitrogens with two attached hydrogens (primary N) is 1. The molecule has 0 atom stereocenters. The highest BCUT2D eigenvalue weighted by atomic mass is 32.1. The lowest BCUT2D eigenvalue weighted by atomic mass is 10.1. The average molecular weight is 264 g/mol. The van der Waals surface area contributed by atoms with Crippen LogP contribution in [0.2, 0.25) is 0 Å². The standard InChI is InChI=1S/C13H20N4S/c1-16(9-10-4-2-3-5-10)12-11(8-14)17-6-7-18-13(17)15-12/h6-7,10H,2-5,8-9,14H2,1H3. The van der Waals surface area contributed by atoms with Gasteiger partial charge in [-0.05, 0) is 18.8 Å². The fourth-order valence-electron chi connectivity index (χ4n) is 2.98. The summed E-state index contributed by atoms with van der Waals surface area (Å²) in [4.78, 5) is 8.05. The molecule has 2 N–H and O–H groups in total. The van der Waals surface area contributed by atoms with Gasteiger partial charge in [0.1, 0.15) is 0 Å². The van der Waals surface area contributed by atoms with Gasteiger partial charge in [0, 0.05) is 31.7 Å². The number of nitrogens with zero attached hydrogens (tertiary/aromatic N) is 3. The molecule has 0 bridgehead atoms. The van der Waals surface area contributed by atoms with E-state index >= 15 is 0 Å². The second kappa shape index (κ2) is 4.90. The van der Waals surface area contributed by atoms with E-state index in [1.54, 1.807) is 11.3 Å². The number of rotatable bonds is 4. The van der Waals surface area contributed by atoms with Crippen molar-refractivity contribution in [2.75, 3.05) is 18.5 Å². The molecule has 0 amide bonds. The van der Waals surface area contributed by atoms with Gasteiger partial charge in [-0.15, -0.1) is 11.3 Å². The van der Waals surface area contributed by atoms with Gasteiger partial charge in [0.05, 0.1) is 5.69 Å². The first-order chi connectivity index (χ1) is 8.79. The summed E-state index contributed by atoms with van der Waals surface area (Å²) in [5.74, 6) is 1.90. The minimum absolute atomic E-state index is 0.544. The summed E-state index contributed by atoms with van der Waals surface area (Å²) in [5, 5.41) is 2.06. The number of anilines is 1. The minimum Gasteiger partial charge on any atom is -0.358 e. The first kappa shape index (κ1) is 12.0. The Morgan fingerprint density at radius 3 is 3.00 bits per heavy atom. The number of aromatic nitrogens is 2. The molecule has 18 heavy (non-hydrogen) atoms. The van der Waals surface area contributed by atoms with E-state index in [9.17, 15) is 0 Å². The van der Waals surface area contributed by atoms with Gasteiger partial charge in [0.2, 0.25) is 0 Å². The SMILES string of the molecule is CN(CC1CCCC1)c1nc2sccn2c1CN. The Balaban J connectivity index is 1.85. The quantitative estimate of drug-likeness (QED) is 0.923. The molecule has 0 aromatic carbocycles. The van der Waals surface area contributed by atoms with Crippen molar-refractivity contribution in [2.45, 2.75) is 32.2 Å². The van der Waals surface area contributed by atoms with Gasteiger partial charge in [0.15, 0.2) is 10.8 Å². The van der Waals surface area contributed by atoms with Crippen LogP contribution < -0.4 is 10.6 Å². The highest BCUT2D eigenvalue weighted by Gasteiger charge is 2.20. The third kappa shape index (κ3) is 2.01. The number of thiazole rings is 1. The largest absolute Gasteiger partial charge is 0.358 e. The van der Waals surface area contributed by atoms with Crippen LogP contribution in [0.3, 0.4) is 0 Å². The Hall–Kier alpha value is -1.07. The zero-order chi connectivity index (χ0) is 12.5. The molecule has 2 aromatic heterocycles. The van der Waals surface area contributed by atoms with Crippen LogP contribution in [-0.4, -0.2) is 23.0 Å². The van der Waals surface area contributed by atoms with Gasteiger partial charge >= 0.3 is 0 Å². The predicted octanol–water partition coefficient (Wildman–Crippen LogP) is 2.48. The van der Waals surface area contributed by atoms with Crippen LogP contribution in [0.5, 0.6) is 0 Å². The molecule has 1 fully saturated rings. The first-order valence-electron chi connectivity index (χ1n) is 6.65. The van der Waals surface area contributed by atoms with Gasteiger partial charge < -0.3 is 10.6 Å². The maximum Gasteiger partial charge on any atom is 0.195 e. The Kier molecular flexibility index (Phi) is 3.26. The van der Waals surface area contributed by atoms with Crippen LogP contribution in [0.4, 0.5) is 5.82 Å². The molecule has 0 aliphatic heterocycles. The molecule has 0 unspecified atom stereocenters. The van der Waals surface area contributed by atoms with Crippen LogP contribution in [0, 0.1) is 5.92 Å². The van der Waals surface area contributed by atoms with Gasteiger partial charge in [0.25, 0.3) is 0 Å². The van der Waals surface area contributed by atoms with Gasteiger partial charge in [-0.25, -0.2) is 4.98 Å². The molecule has 1 aliphatic carbocycles. The molecule has 0 radical (unpaired) electrons. The Labute approximate surface area is 111 Å². The van der Waals surface area contributed by atoms with Crippen molar-refractivity contribution in [1.82, 2.24) is 9.38 Å². The maximum atomic E-state index is 5.88.